The van der Waals surface area contributed by atoms with Gasteiger partial charge in [-0.1, -0.05) is 23.7 Å². The van der Waals surface area contributed by atoms with Crippen molar-refractivity contribution in [2.24, 2.45) is 0 Å². The molecule has 0 fully saturated rings. The van der Waals surface area contributed by atoms with Gasteiger partial charge in [0.2, 0.25) is 0 Å². The number of carbonyl (C=O) groups is 1. The number of fused-ring (bicyclic) bond motifs is 1. The van der Waals surface area contributed by atoms with Crippen LogP contribution in [-0.4, -0.2) is 18.0 Å². The van der Waals surface area contributed by atoms with Crippen LogP contribution >= 0.6 is 11.6 Å². The number of rotatable bonds is 4. The van der Waals surface area contributed by atoms with E-state index in [1.807, 2.05) is 50.2 Å². The van der Waals surface area contributed by atoms with Crippen LogP contribution in [0, 0.1) is 25.2 Å². The number of amides is 1. The molecule has 0 atom stereocenters. The van der Waals surface area contributed by atoms with Crippen LogP contribution in [0.5, 0.6) is 0 Å². The highest BCUT2D eigenvalue weighted by molar-refractivity contribution is 6.32. The summed E-state index contributed by atoms with van der Waals surface area (Å²) in [4.78, 5) is 15.0. The predicted octanol–water partition coefficient (Wildman–Crippen LogP) is 6.52. The van der Waals surface area contributed by atoms with E-state index in [2.05, 4.69) is 44.0 Å². The fourth-order valence-corrected chi connectivity index (χ4v) is 4.34. The van der Waals surface area contributed by atoms with Crippen LogP contribution < -0.4 is 10.2 Å². The maximum absolute atomic E-state index is 12.7. The van der Waals surface area contributed by atoms with Crippen molar-refractivity contribution < 1.29 is 4.79 Å². The van der Waals surface area contributed by atoms with Crippen molar-refractivity contribution in [1.29, 1.82) is 5.26 Å². The lowest BCUT2D eigenvalue weighted by molar-refractivity contribution is -0.112. The number of likely N-dealkylation sites (N-methyl/N-ethyl adjacent to an activating group) is 1. The number of hydrogen-bond acceptors (Lipinski definition) is 3. The fourth-order valence-electron chi connectivity index (χ4n) is 4.12. The number of carbonyl (C=O) groups excluding carboxylic acids is 1. The van der Waals surface area contributed by atoms with E-state index in [1.165, 1.54) is 0 Å². The Labute approximate surface area is 189 Å². The van der Waals surface area contributed by atoms with Gasteiger partial charge in [0.05, 0.1) is 5.54 Å². The Morgan fingerprint density at radius 2 is 1.90 bits per heavy atom. The topological polar surface area (TPSA) is 56.1 Å². The molecule has 1 aliphatic heterocycles. The number of allylic oxidation sites excluding steroid dienone is 1. The predicted molar refractivity (Wildman–Crippen MR) is 130 cm³/mol. The Balaban J connectivity index is 1.98. The van der Waals surface area contributed by atoms with Gasteiger partial charge in [0.25, 0.3) is 5.91 Å². The van der Waals surface area contributed by atoms with Crippen LogP contribution in [0.2, 0.25) is 5.02 Å². The number of aryl methyl sites for hydroxylation is 2. The highest BCUT2D eigenvalue weighted by Gasteiger charge is 2.30. The third kappa shape index (κ3) is 4.52. The van der Waals surface area contributed by atoms with Crippen LogP contribution in [-0.2, 0) is 4.79 Å². The van der Waals surface area contributed by atoms with Crippen molar-refractivity contribution in [3.8, 4) is 6.07 Å². The second-order valence-electron chi connectivity index (χ2n) is 8.54. The largest absolute Gasteiger partial charge is 0.363 e. The third-order valence-electron chi connectivity index (χ3n) is 5.84. The Morgan fingerprint density at radius 3 is 2.52 bits per heavy atom. The first-order valence-electron chi connectivity index (χ1n) is 10.4. The van der Waals surface area contributed by atoms with E-state index < -0.39 is 5.91 Å². The molecule has 0 spiro atoms. The monoisotopic (exact) mass is 433 g/mol. The lowest BCUT2D eigenvalue weighted by atomic mass is 9.88. The van der Waals surface area contributed by atoms with E-state index in [-0.39, 0.29) is 11.1 Å². The standard InChI is InChI=1S/C26H28ClN3O/c1-7-30-24-13-23(27)19(12-22(24)18(4)14-26(30,5)6)11-20(15-28)25(31)29-21-9-8-16(2)17(3)10-21/h8-14H,7H2,1-6H3,(H,29,31)/b20-11+. The number of anilines is 2. The Kier molecular flexibility index (Phi) is 6.29. The van der Waals surface area contributed by atoms with E-state index in [0.717, 1.165) is 34.5 Å². The van der Waals surface area contributed by atoms with Crippen molar-refractivity contribution in [3.05, 3.63) is 69.3 Å². The summed E-state index contributed by atoms with van der Waals surface area (Å²) in [6.45, 7) is 13.4. The molecule has 0 aliphatic carbocycles. The maximum atomic E-state index is 12.7. The molecule has 1 heterocycles. The van der Waals surface area contributed by atoms with Crippen molar-refractivity contribution in [3.63, 3.8) is 0 Å². The van der Waals surface area contributed by atoms with Gasteiger partial charge in [-0.05, 0) is 94.1 Å². The van der Waals surface area contributed by atoms with Gasteiger partial charge in [-0.25, -0.2) is 0 Å². The van der Waals surface area contributed by atoms with Gasteiger partial charge in [0.1, 0.15) is 11.6 Å². The molecule has 2 aromatic carbocycles. The van der Waals surface area contributed by atoms with Gasteiger partial charge in [-0.2, -0.15) is 5.26 Å². The molecule has 4 nitrogen and oxygen atoms in total. The van der Waals surface area contributed by atoms with Crippen LogP contribution in [0.3, 0.4) is 0 Å². The van der Waals surface area contributed by atoms with Crippen molar-refractivity contribution in [2.75, 3.05) is 16.8 Å². The average Bonchev–Trinajstić information content (AvgIpc) is 2.69. The van der Waals surface area contributed by atoms with Gasteiger partial charge in [0, 0.05) is 28.5 Å². The van der Waals surface area contributed by atoms with Gasteiger partial charge < -0.3 is 10.2 Å². The number of halogens is 1. The minimum Gasteiger partial charge on any atom is -0.363 e. The Hall–Kier alpha value is -3.03. The molecule has 160 valence electrons. The fraction of sp³-hybridized carbons (Fsp3) is 0.308. The molecule has 3 rings (SSSR count). The van der Waals surface area contributed by atoms with Crippen LogP contribution in [0.4, 0.5) is 11.4 Å². The van der Waals surface area contributed by atoms with E-state index in [9.17, 15) is 10.1 Å². The van der Waals surface area contributed by atoms with Crippen LogP contribution in [0.1, 0.15) is 49.9 Å². The van der Waals surface area contributed by atoms with Crippen molar-refractivity contribution >= 4 is 40.5 Å². The maximum Gasteiger partial charge on any atom is 0.266 e. The molecule has 1 aliphatic rings. The smallest absolute Gasteiger partial charge is 0.266 e. The number of nitrogens with one attached hydrogen (secondary N) is 1. The van der Waals surface area contributed by atoms with E-state index in [4.69, 9.17) is 11.6 Å². The lowest BCUT2D eigenvalue weighted by Crippen LogP contribution is -2.44. The quantitative estimate of drug-likeness (QED) is 0.440. The summed E-state index contributed by atoms with van der Waals surface area (Å²) in [5, 5.41) is 12.9. The third-order valence-corrected chi connectivity index (χ3v) is 6.17. The molecule has 0 bridgehead atoms. The highest BCUT2D eigenvalue weighted by Crippen LogP contribution is 2.41. The van der Waals surface area contributed by atoms with Crippen molar-refractivity contribution in [2.45, 2.75) is 47.1 Å². The molecule has 2 aromatic rings. The van der Waals surface area contributed by atoms with Crippen LogP contribution in [0.25, 0.3) is 11.6 Å². The van der Waals surface area contributed by atoms with E-state index >= 15 is 0 Å². The zero-order valence-corrected chi connectivity index (χ0v) is 19.7. The van der Waals surface area contributed by atoms with Gasteiger partial charge in [-0.15, -0.1) is 0 Å². The number of benzene rings is 2. The van der Waals surface area contributed by atoms with E-state index in [0.29, 0.717) is 16.3 Å². The van der Waals surface area contributed by atoms with Crippen molar-refractivity contribution in [1.82, 2.24) is 0 Å². The summed E-state index contributed by atoms with van der Waals surface area (Å²) in [7, 11) is 0. The molecule has 0 saturated heterocycles. The number of nitrogens with zero attached hydrogens (tertiary/aromatic N) is 2. The second-order valence-corrected chi connectivity index (χ2v) is 8.95. The summed E-state index contributed by atoms with van der Waals surface area (Å²) >= 11 is 6.60. The second kappa shape index (κ2) is 8.61. The molecule has 0 radical (unpaired) electrons. The lowest BCUT2D eigenvalue weighted by Gasteiger charge is -2.43. The summed E-state index contributed by atoms with van der Waals surface area (Å²) in [5.74, 6) is -0.455. The molecule has 5 heteroatoms. The average molecular weight is 434 g/mol. The zero-order chi connectivity index (χ0) is 22.9. The molecule has 0 unspecified atom stereocenters. The molecule has 0 saturated carbocycles. The number of hydrogen-bond donors (Lipinski definition) is 1. The minimum atomic E-state index is -0.455. The van der Waals surface area contributed by atoms with Gasteiger partial charge >= 0.3 is 0 Å². The summed E-state index contributed by atoms with van der Waals surface area (Å²) in [6, 6.07) is 11.6. The molecular weight excluding hydrogens is 406 g/mol. The van der Waals surface area contributed by atoms with Crippen LogP contribution in [0.15, 0.2) is 42.0 Å². The zero-order valence-electron chi connectivity index (χ0n) is 18.9. The molecule has 0 aromatic heterocycles. The van der Waals surface area contributed by atoms with E-state index in [1.54, 1.807) is 6.08 Å². The minimum absolute atomic E-state index is 0.00481. The molecular formula is C26H28ClN3O. The number of nitriles is 1. The first kappa shape index (κ1) is 22.7. The Morgan fingerprint density at radius 1 is 1.19 bits per heavy atom. The summed E-state index contributed by atoms with van der Waals surface area (Å²) < 4.78 is 0. The first-order chi connectivity index (χ1) is 14.6. The molecule has 1 amide bonds. The SMILES string of the molecule is CCN1c2cc(Cl)c(/C=C(\C#N)C(=O)Nc3ccc(C)c(C)c3)cc2C(C)=CC1(C)C. The molecule has 1 N–H and O–H groups in total. The highest BCUT2D eigenvalue weighted by atomic mass is 35.5. The first-order valence-corrected chi connectivity index (χ1v) is 10.8. The molecule has 31 heavy (non-hydrogen) atoms. The summed E-state index contributed by atoms with van der Waals surface area (Å²) in [6.07, 6.45) is 3.79. The Bertz CT molecular complexity index is 1150. The summed E-state index contributed by atoms with van der Waals surface area (Å²) in [5.41, 5.74) is 6.68. The van der Waals surface area contributed by atoms with Gasteiger partial charge in [-0.3, -0.25) is 4.79 Å². The normalized spacial score (nSPS) is 15.1. The van der Waals surface area contributed by atoms with Gasteiger partial charge in [0.15, 0.2) is 0 Å².